The third-order valence-electron chi connectivity index (χ3n) is 2.73. The van der Waals surface area contributed by atoms with E-state index in [2.05, 4.69) is 15.9 Å². The molecule has 15 heavy (non-hydrogen) atoms. The molecule has 0 saturated carbocycles. The zero-order valence-electron chi connectivity index (χ0n) is 8.92. The maximum absolute atomic E-state index is 11.7. The summed E-state index contributed by atoms with van der Waals surface area (Å²) >= 11 is 3.33. The summed E-state index contributed by atoms with van der Waals surface area (Å²) in [6, 6.07) is 0. The third-order valence-corrected chi connectivity index (χ3v) is 3.78. The first-order chi connectivity index (χ1) is 7.09. The highest BCUT2D eigenvalue weighted by Crippen LogP contribution is 2.41. The molecule has 0 aromatic rings. The molecule has 0 N–H and O–H groups in total. The molecule has 0 aromatic heterocycles. The van der Waals surface area contributed by atoms with Crippen molar-refractivity contribution in [3.05, 3.63) is 0 Å². The van der Waals surface area contributed by atoms with Gasteiger partial charge in [0, 0.05) is 0 Å². The maximum atomic E-state index is 11.7. The van der Waals surface area contributed by atoms with Gasteiger partial charge in [-0.1, -0.05) is 35.7 Å². The highest BCUT2D eigenvalue weighted by atomic mass is 79.9. The molecule has 1 saturated heterocycles. The SMILES string of the molecule is CCCC[C@]1(C(=O)OC)C(=O)OC[C@@H]1Br. The van der Waals surface area contributed by atoms with Gasteiger partial charge in [0.25, 0.3) is 0 Å². The van der Waals surface area contributed by atoms with E-state index in [-0.39, 0.29) is 11.4 Å². The number of unbranched alkanes of at least 4 members (excludes halogenated alkanes) is 1. The van der Waals surface area contributed by atoms with Gasteiger partial charge in [0.1, 0.15) is 6.61 Å². The molecule has 1 fully saturated rings. The second-order valence-electron chi connectivity index (χ2n) is 3.63. The van der Waals surface area contributed by atoms with Crippen molar-refractivity contribution in [1.29, 1.82) is 0 Å². The van der Waals surface area contributed by atoms with Gasteiger partial charge in [-0.2, -0.15) is 0 Å². The van der Waals surface area contributed by atoms with Crippen molar-refractivity contribution in [2.24, 2.45) is 5.41 Å². The summed E-state index contributed by atoms with van der Waals surface area (Å²) in [6.45, 7) is 2.24. The minimum Gasteiger partial charge on any atom is -0.468 e. The lowest BCUT2D eigenvalue weighted by Gasteiger charge is -2.24. The Labute approximate surface area is 97.4 Å². The average molecular weight is 279 g/mol. The van der Waals surface area contributed by atoms with Gasteiger partial charge in [0.2, 0.25) is 0 Å². The van der Waals surface area contributed by atoms with Crippen LogP contribution in [0.1, 0.15) is 26.2 Å². The fourth-order valence-electron chi connectivity index (χ4n) is 1.76. The van der Waals surface area contributed by atoms with E-state index in [1.54, 1.807) is 0 Å². The topological polar surface area (TPSA) is 52.6 Å². The molecular formula is C10H15BrO4. The van der Waals surface area contributed by atoms with Crippen LogP contribution in [0.4, 0.5) is 0 Å². The fraction of sp³-hybridized carbons (Fsp3) is 0.800. The van der Waals surface area contributed by atoms with Gasteiger partial charge in [-0.15, -0.1) is 0 Å². The highest BCUT2D eigenvalue weighted by Gasteiger charge is 2.57. The molecule has 0 bridgehead atoms. The summed E-state index contributed by atoms with van der Waals surface area (Å²) in [6.07, 6.45) is 2.20. The van der Waals surface area contributed by atoms with Crippen LogP contribution in [-0.4, -0.2) is 30.5 Å². The number of carbonyl (C=O) groups is 2. The molecule has 0 amide bonds. The molecular weight excluding hydrogens is 264 g/mol. The Morgan fingerprint density at radius 3 is 2.80 bits per heavy atom. The van der Waals surface area contributed by atoms with Crippen molar-refractivity contribution in [1.82, 2.24) is 0 Å². The molecule has 86 valence electrons. The van der Waals surface area contributed by atoms with Crippen LogP contribution >= 0.6 is 15.9 Å². The molecule has 0 unspecified atom stereocenters. The Bertz CT molecular complexity index is 266. The number of rotatable bonds is 4. The largest absolute Gasteiger partial charge is 0.468 e. The summed E-state index contributed by atoms with van der Waals surface area (Å²) in [7, 11) is 1.29. The summed E-state index contributed by atoms with van der Waals surface area (Å²) < 4.78 is 9.62. The van der Waals surface area contributed by atoms with Gasteiger partial charge >= 0.3 is 11.9 Å². The smallest absolute Gasteiger partial charge is 0.324 e. The number of methoxy groups -OCH3 is 1. The lowest BCUT2D eigenvalue weighted by Crippen LogP contribution is -2.42. The molecule has 1 rings (SSSR count). The van der Waals surface area contributed by atoms with E-state index >= 15 is 0 Å². The molecule has 1 heterocycles. The van der Waals surface area contributed by atoms with Gasteiger partial charge in [0.05, 0.1) is 11.9 Å². The first kappa shape index (κ1) is 12.5. The number of halogens is 1. The van der Waals surface area contributed by atoms with Crippen molar-refractivity contribution >= 4 is 27.9 Å². The molecule has 0 aromatic carbocycles. The zero-order chi connectivity index (χ0) is 11.5. The number of cyclic esters (lactones) is 1. The number of hydrogen-bond acceptors (Lipinski definition) is 4. The van der Waals surface area contributed by atoms with E-state index in [9.17, 15) is 9.59 Å². The molecule has 4 nitrogen and oxygen atoms in total. The Hall–Kier alpha value is -0.580. The normalized spacial score (nSPS) is 30.1. The first-order valence-electron chi connectivity index (χ1n) is 4.99. The molecule has 0 spiro atoms. The Morgan fingerprint density at radius 2 is 2.40 bits per heavy atom. The molecule has 0 radical (unpaired) electrons. The van der Waals surface area contributed by atoms with Crippen LogP contribution in [0.25, 0.3) is 0 Å². The van der Waals surface area contributed by atoms with Crippen molar-refractivity contribution in [2.45, 2.75) is 31.0 Å². The van der Waals surface area contributed by atoms with Crippen molar-refractivity contribution in [2.75, 3.05) is 13.7 Å². The van der Waals surface area contributed by atoms with E-state index in [4.69, 9.17) is 9.47 Å². The van der Waals surface area contributed by atoms with Gasteiger partial charge in [0.15, 0.2) is 5.41 Å². The standard InChI is InChI=1S/C10H15BrO4/c1-3-4-5-10(8(12)14-2)7(11)6-15-9(10)13/h7H,3-6H2,1-2H3/t7-,10-/m0/s1. The van der Waals surface area contributed by atoms with Crippen LogP contribution in [0.3, 0.4) is 0 Å². The van der Waals surface area contributed by atoms with Gasteiger partial charge in [-0.25, -0.2) is 0 Å². The second-order valence-corrected chi connectivity index (χ2v) is 4.74. The molecule has 1 aliphatic heterocycles. The van der Waals surface area contributed by atoms with Crippen LogP contribution in [0, 0.1) is 5.41 Å². The van der Waals surface area contributed by atoms with Crippen molar-refractivity contribution in [3.63, 3.8) is 0 Å². The monoisotopic (exact) mass is 278 g/mol. The van der Waals surface area contributed by atoms with Crippen LogP contribution < -0.4 is 0 Å². The lowest BCUT2D eigenvalue weighted by molar-refractivity contribution is -0.163. The molecule has 5 heteroatoms. The quantitative estimate of drug-likeness (QED) is 0.446. The number of hydrogen-bond donors (Lipinski definition) is 0. The van der Waals surface area contributed by atoms with E-state index in [0.29, 0.717) is 6.42 Å². The summed E-state index contributed by atoms with van der Waals surface area (Å²) in [4.78, 5) is 23.1. The first-order valence-corrected chi connectivity index (χ1v) is 5.90. The zero-order valence-corrected chi connectivity index (χ0v) is 10.5. The predicted octanol–water partition coefficient (Wildman–Crippen LogP) is 1.66. The van der Waals surface area contributed by atoms with Crippen LogP contribution in [-0.2, 0) is 19.1 Å². The Morgan fingerprint density at radius 1 is 1.73 bits per heavy atom. The summed E-state index contributed by atoms with van der Waals surface area (Å²) in [5, 5.41) is 0. The van der Waals surface area contributed by atoms with Crippen molar-refractivity contribution in [3.8, 4) is 0 Å². The molecule has 0 aliphatic carbocycles. The summed E-state index contributed by atoms with van der Waals surface area (Å²) in [5.41, 5.74) is -1.13. The fourth-order valence-corrected chi connectivity index (χ4v) is 2.49. The van der Waals surface area contributed by atoms with E-state index in [0.717, 1.165) is 12.8 Å². The second kappa shape index (κ2) is 4.96. The minimum atomic E-state index is -1.13. The van der Waals surface area contributed by atoms with E-state index in [1.165, 1.54) is 7.11 Å². The number of ether oxygens (including phenoxy) is 2. The van der Waals surface area contributed by atoms with Crippen molar-refractivity contribution < 1.29 is 19.1 Å². The minimum absolute atomic E-state index is 0.234. The van der Waals surface area contributed by atoms with Gasteiger partial charge in [-0.3, -0.25) is 9.59 Å². The van der Waals surface area contributed by atoms with E-state index in [1.807, 2.05) is 6.92 Å². The van der Waals surface area contributed by atoms with E-state index < -0.39 is 17.4 Å². The highest BCUT2D eigenvalue weighted by molar-refractivity contribution is 9.09. The lowest BCUT2D eigenvalue weighted by atomic mass is 9.81. The third kappa shape index (κ3) is 2.02. The summed E-state index contributed by atoms with van der Waals surface area (Å²) in [5.74, 6) is -0.968. The number of esters is 2. The average Bonchev–Trinajstić information content (AvgIpc) is 2.53. The van der Waals surface area contributed by atoms with Gasteiger partial charge < -0.3 is 9.47 Å². The Balaban J connectivity index is 2.93. The Kier molecular flexibility index (Phi) is 4.13. The number of alkyl halides is 1. The van der Waals surface area contributed by atoms with Crippen LogP contribution in [0.5, 0.6) is 0 Å². The van der Waals surface area contributed by atoms with Crippen LogP contribution in [0.2, 0.25) is 0 Å². The predicted molar refractivity (Wildman–Crippen MR) is 57.6 cm³/mol. The maximum Gasteiger partial charge on any atom is 0.324 e. The molecule has 2 atom stereocenters. The molecule has 1 aliphatic rings. The van der Waals surface area contributed by atoms with Gasteiger partial charge in [-0.05, 0) is 6.42 Å². The number of carbonyl (C=O) groups excluding carboxylic acids is 2. The van der Waals surface area contributed by atoms with Crippen LogP contribution in [0.15, 0.2) is 0 Å².